The van der Waals surface area contributed by atoms with E-state index >= 15 is 0 Å². The Morgan fingerprint density at radius 2 is 2.08 bits per heavy atom. The second kappa shape index (κ2) is 5.52. The molecule has 0 aromatic heterocycles. The third kappa shape index (κ3) is 2.90. The van der Waals surface area contributed by atoms with Gasteiger partial charge in [-0.25, -0.2) is 8.78 Å². The van der Waals surface area contributed by atoms with E-state index in [1.54, 1.807) is 6.07 Å². The van der Waals surface area contributed by atoms with Crippen molar-refractivity contribution in [1.82, 2.24) is 0 Å². The Bertz CT molecular complexity index is 263. The zero-order valence-corrected chi connectivity index (χ0v) is 9.04. The van der Waals surface area contributed by atoms with Gasteiger partial charge in [0.05, 0.1) is 0 Å². The summed E-state index contributed by atoms with van der Waals surface area (Å²) < 4.78 is 26.4. The van der Waals surface area contributed by atoms with Crippen molar-refractivity contribution >= 4 is 28.3 Å². The lowest BCUT2D eigenvalue weighted by atomic mass is 10.1. The highest BCUT2D eigenvalue weighted by Crippen LogP contribution is 2.27. The van der Waals surface area contributed by atoms with Gasteiger partial charge in [-0.1, -0.05) is 22.0 Å². The van der Waals surface area contributed by atoms with E-state index in [4.69, 9.17) is 5.73 Å². The van der Waals surface area contributed by atoms with Gasteiger partial charge in [0.2, 0.25) is 0 Å². The molecule has 0 amide bonds. The second-order valence-electron chi connectivity index (χ2n) is 2.34. The number of hydrogen-bond acceptors (Lipinski definition) is 1. The van der Waals surface area contributed by atoms with Crippen molar-refractivity contribution in [3.63, 3.8) is 0 Å². The summed E-state index contributed by atoms with van der Waals surface area (Å²) in [5.74, 6) is -0.567. The first-order valence-electron chi connectivity index (χ1n) is 3.45. The molecule has 74 valence electrons. The van der Waals surface area contributed by atoms with Crippen LogP contribution in [0.1, 0.15) is 11.7 Å². The Balaban J connectivity index is 0.00000144. The molecule has 1 rings (SSSR count). The zero-order valence-electron chi connectivity index (χ0n) is 6.64. The topological polar surface area (TPSA) is 26.0 Å². The van der Waals surface area contributed by atoms with Crippen molar-refractivity contribution in [1.29, 1.82) is 0 Å². The lowest BCUT2D eigenvalue weighted by molar-refractivity contribution is 0.340. The molecule has 0 aliphatic carbocycles. The molecule has 0 spiro atoms. The molecular weight excluding hydrogens is 263 g/mol. The highest BCUT2D eigenvalue weighted by molar-refractivity contribution is 9.10. The SMILES string of the molecule is Cl.NCC(F)c1c(F)cccc1Br. The molecule has 5 heteroatoms. The fraction of sp³-hybridized carbons (Fsp3) is 0.250. The molecule has 0 aliphatic rings. The van der Waals surface area contributed by atoms with Crippen LogP contribution in [0.15, 0.2) is 22.7 Å². The standard InChI is InChI=1S/C8H8BrF2N.ClH/c9-5-2-1-3-6(10)8(5)7(11)4-12;/h1-3,7H,4,12H2;1H. The summed E-state index contributed by atoms with van der Waals surface area (Å²) in [5.41, 5.74) is 5.08. The number of alkyl halides is 1. The van der Waals surface area contributed by atoms with Crippen LogP contribution in [0.5, 0.6) is 0 Å². The molecule has 1 aromatic carbocycles. The molecule has 0 heterocycles. The maximum absolute atomic E-state index is 13.0. The van der Waals surface area contributed by atoms with E-state index in [-0.39, 0.29) is 24.5 Å². The molecule has 1 unspecified atom stereocenters. The van der Waals surface area contributed by atoms with E-state index in [0.717, 1.165) is 0 Å². The van der Waals surface area contributed by atoms with E-state index in [9.17, 15) is 8.78 Å². The first kappa shape index (κ1) is 12.8. The summed E-state index contributed by atoms with van der Waals surface area (Å²) in [4.78, 5) is 0. The molecule has 0 aliphatic heterocycles. The maximum atomic E-state index is 13.0. The maximum Gasteiger partial charge on any atom is 0.141 e. The molecule has 0 bridgehead atoms. The van der Waals surface area contributed by atoms with Gasteiger partial charge in [-0.3, -0.25) is 0 Å². The molecule has 1 atom stereocenters. The number of benzene rings is 1. The van der Waals surface area contributed by atoms with E-state index in [2.05, 4.69) is 15.9 Å². The summed E-state index contributed by atoms with van der Waals surface area (Å²) in [6, 6.07) is 4.30. The van der Waals surface area contributed by atoms with Crippen molar-refractivity contribution in [3.05, 3.63) is 34.1 Å². The highest BCUT2D eigenvalue weighted by Gasteiger charge is 2.15. The molecule has 0 fully saturated rings. The van der Waals surface area contributed by atoms with Crippen molar-refractivity contribution in [2.24, 2.45) is 5.73 Å². The first-order chi connectivity index (χ1) is 5.66. The molecule has 1 nitrogen and oxygen atoms in total. The van der Waals surface area contributed by atoms with Crippen LogP contribution in [0.25, 0.3) is 0 Å². The lowest BCUT2D eigenvalue weighted by Crippen LogP contribution is -2.09. The molecule has 13 heavy (non-hydrogen) atoms. The van der Waals surface area contributed by atoms with Gasteiger partial charge in [-0.2, -0.15) is 0 Å². The van der Waals surface area contributed by atoms with Crippen LogP contribution < -0.4 is 5.73 Å². The van der Waals surface area contributed by atoms with Gasteiger partial charge >= 0.3 is 0 Å². The van der Waals surface area contributed by atoms with Crippen molar-refractivity contribution < 1.29 is 8.78 Å². The Morgan fingerprint density at radius 3 is 2.54 bits per heavy atom. The van der Waals surface area contributed by atoms with E-state index in [1.807, 2.05) is 0 Å². The fourth-order valence-corrected chi connectivity index (χ4v) is 1.52. The largest absolute Gasteiger partial charge is 0.327 e. The van der Waals surface area contributed by atoms with E-state index in [1.165, 1.54) is 12.1 Å². The van der Waals surface area contributed by atoms with Crippen LogP contribution in [0.2, 0.25) is 0 Å². The quantitative estimate of drug-likeness (QED) is 0.880. The molecular formula is C8H9BrClF2N. The van der Waals surface area contributed by atoms with E-state index < -0.39 is 12.0 Å². The van der Waals surface area contributed by atoms with Crippen LogP contribution >= 0.6 is 28.3 Å². The normalized spacial score (nSPS) is 12.0. The van der Waals surface area contributed by atoms with Gasteiger partial charge < -0.3 is 5.73 Å². The van der Waals surface area contributed by atoms with E-state index in [0.29, 0.717) is 4.47 Å². The van der Waals surface area contributed by atoms with Crippen LogP contribution in [0.3, 0.4) is 0 Å². The number of halogens is 4. The zero-order chi connectivity index (χ0) is 9.14. The summed E-state index contributed by atoms with van der Waals surface area (Å²) in [6.07, 6.45) is -1.44. The Hall–Kier alpha value is -0.190. The smallest absolute Gasteiger partial charge is 0.141 e. The molecule has 0 saturated heterocycles. The summed E-state index contributed by atoms with van der Waals surface area (Å²) in [6.45, 7) is -0.209. The van der Waals surface area contributed by atoms with Gasteiger partial charge in [0, 0.05) is 16.6 Å². The third-order valence-electron chi connectivity index (χ3n) is 1.52. The Labute approximate surface area is 89.9 Å². The molecule has 2 N–H and O–H groups in total. The first-order valence-corrected chi connectivity index (χ1v) is 4.24. The molecule has 0 saturated carbocycles. The van der Waals surface area contributed by atoms with Crippen LogP contribution in [0.4, 0.5) is 8.78 Å². The van der Waals surface area contributed by atoms with Gasteiger partial charge in [0.15, 0.2) is 0 Å². The molecule has 1 aromatic rings. The van der Waals surface area contributed by atoms with Gasteiger partial charge in [-0.15, -0.1) is 12.4 Å². The van der Waals surface area contributed by atoms with Gasteiger partial charge in [0.1, 0.15) is 12.0 Å². The summed E-state index contributed by atoms with van der Waals surface area (Å²) in [5, 5.41) is 0. The third-order valence-corrected chi connectivity index (χ3v) is 2.21. The average Bonchev–Trinajstić information content (AvgIpc) is 2.03. The molecule has 0 radical (unpaired) electrons. The Kier molecular flexibility index (Phi) is 5.44. The highest BCUT2D eigenvalue weighted by atomic mass is 79.9. The summed E-state index contributed by atoms with van der Waals surface area (Å²) >= 11 is 3.05. The van der Waals surface area contributed by atoms with Crippen molar-refractivity contribution in [2.75, 3.05) is 6.54 Å². The predicted molar refractivity (Wildman–Crippen MR) is 54.3 cm³/mol. The minimum atomic E-state index is -1.44. The number of hydrogen-bond donors (Lipinski definition) is 1. The predicted octanol–water partition coefficient (Wildman–Crippen LogP) is 2.98. The second-order valence-corrected chi connectivity index (χ2v) is 3.19. The number of rotatable bonds is 2. The van der Waals surface area contributed by atoms with Crippen molar-refractivity contribution in [3.8, 4) is 0 Å². The number of nitrogens with two attached hydrogens (primary N) is 1. The average molecular weight is 273 g/mol. The van der Waals surface area contributed by atoms with Crippen LogP contribution in [-0.2, 0) is 0 Å². The lowest BCUT2D eigenvalue weighted by Gasteiger charge is -2.08. The van der Waals surface area contributed by atoms with Crippen molar-refractivity contribution in [2.45, 2.75) is 6.17 Å². The minimum absolute atomic E-state index is 0. The minimum Gasteiger partial charge on any atom is -0.327 e. The Morgan fingerprint density at radius 1 is 1.46 bits per heavy atom. The monoisotopic (exact) mass is 271 g/mol. The van der Waals surface area contributed by atoms with Gasteiger partial charge in [-0.05, 0) is 12.1 Å². The van der Waals surface area contributed by atoms with Crippen LogP contribution in [0, 0.1) is 5.82 Å². The fourth-order valence-electron chi connectivity index (χ4n) is 0.928. The summed E-state index contributed by atoms with van der Waals surface area (Å²) in [7, 11) is 0. The van der Waals surface area contributed by atoms with Crippen LogP contribution in [-0.4, -0.2) is 6.54 Å². The van der Waals surface area contributed by atoms with Gasteiger partial charge in [0.25, 0.3) is 0 Å².